The van der Waals surface area contributed by atoms with E-state index >= 15 is 0 Å². The summed E-state index contributed by atoms with van der Waals surface area (Å²) < 4.78 is 0. The Kier molecular flexibility index (Phi) is 4.79. The van der Waals surface area contributed by atoms with E-state index in [0.717, 1.165) is 5.56 Å². The fourth-order valence-corrected chi connectivity index (χ4v) is 1.98. The van der Waals surface area contributed by atoms with Gasteiger partial charge in [0.25, 0.3) is 0 Å². The lowest BCUT2D eigenvalue weighted by Crippen LogP contribution is -2.20. The van der Waals surface area contributed by atoms with Crippen molar-refractivity contribution in [3.63, 3.8) is 0 Å². The van der Waals surface area contributed by atoms with Gasteiger partial charge < -0.3 is 16.3 Å². The Morgan fingerprint density at radius 2 is 1.86 bits per heavy atom. The average Bonchev–Trinajstić information content (AvgIpc) is 2.49. The number of carbonyl (C=O) groups is 1. The summed E-state index contributed by atoms with van der Waals surface area (Å²) in [6.45, 7) is 0. The maximum atomic E-state index is 12.0. The van der Waals surface area contributed by atoms with Crippen molar-refractivity contribution in [2.75, 3.05) is 5.32 Å². The number of nitrogens with zero attached hydrogens (tertiary/aromatic N) is 1. The van der Waals surface area contributed by atoms with Crippen molar-refractivity contribution in [3.05, 3.63) is 64.7 Å². The lowest BCUT2D eigenvalue weighted by Gasteiger charge is -2.10. The minimum atomic E-state index is -0.199. The summed E-state index contributed by atoms with van der Waals surface area (Å²) in [5, 5.41) is 15.1. The van der Waals surface area contributed by atoms with E-state index in [0.29, 0.717) is 16.3 Å². The summed E-state index contributed by atoms with van der Waals surface area (Å²) in [5.41, 5.74) is 7.37. The molecule has 4 N–H and O–H groups in total. The first-order chi connectivity index (χ1) is 10.1. The van der Waals surface area contributed by atoms with Crippen LogP contribution in [0.3, 0.4) is 0 Å². The van der Waals surface area contributed by atoms with Crippen LogP contribution in [-0.2, 0) is 11.2 Å². The molecule has 0 saturated heterocycles. The van der Waals surface area contributed by atoms with Crippen LogP contribution in [0.2, 0.25) is 5.02 Å². The molecule has 2 rings (SSSR count). The van der Waals surface area contributed by atoms with Crippen LogP contribution in [0.5, 0.6) is 0 Å². The second-order valence-corrected chi connectivity index (χ2v) is 4.82. The Morgan fingerprint density at radius 1 is 1.19 bits per heavy atom. The normalized spacial score (nSPS) is 11.2. The van der Waals surface area contributed by atoms with Gasteiger partial charge in [-0.25, -0.2) is 0 Å². The number of hydrogen-bond donors (Lipinski definition) is 3. The number of hydrogen-bond acceptors (Lipinski definition) is 3. The predicted octanol–water partition coefficient (Wildman–Crippen LogP) is 2.62. The van der Waals surface area contributed by atoms with E-state index < -0.39 is 0 Å². The molecule has 21 heavy (non-hydrogen) atoms. The van der Waals surface area contributed by atoms with Gasteiger partial charge in [-0.3, -0.25) is 4.79 Å². The predicted molar refractivity (Wildman–Crippen MR) is 82.7 cm³/mol. The number of carbonyl (C=O) groups excluding carboxylic acids is 1. The number of halogens is 1. The number of nitrogens with one attached hydrogen (secondary N) is 1. The van der Waals surface area contributed by atoms with Gasteiger partial charge in [0.05, 0.1) is 12.1 Å². The molecule has 2 aromatic carbocycles. The van der Waals surface area contributed by atoms with Gasteiger partial charge >= 0.3 is 0 Å². The van der Waals surface area contributed by atoms with Crippen LogP contribution in [0.15, 0.2) is 53.7 Å². The van der Waals surface area contributed by atoms with E-state index in [-0.39, 0.29) is 18.2 Å². The molecule has 0 spiro atoms. The number of amides is 1. The van der Waals surface area contributed by atoms with Crippen molar-refractivity contribution in [2.24, 2.45) is 10.9 Å². The second-order valence-electron chi connectivity index (χ2n) is 4.38. The molecule has 0 heterocycles. The second kappa shape index (κ2) is 6.76. The molecule has 0 radical (unpaired) electrons. The number of para-hydroxylation sites is 1. The molecule has 0 unspecified atom stereocenters. The molecular formula is C15H14ClN3O2. The van der Waals surface area contributed by atoms with Crippen molar-refractivity contribution < 1.29 is 10.0 Å². The Labute approximate surface area is 127 Å². The third kappa shape index (κ3) is 3.97. The van der Waals surface area contributed by atoms with E-state index in [1.807, 2.05) is 0 Å². The molecule has 0 fully saturated rings. The van der Waals surface area contributed by atoms with Gasteiger partial charge in [-0.05, 0) is 29.8 Å². The van der Waals surface area contributed by atoms with E-state index in [1.165, 1.54) is 0 Å². The Morgan fingerprint density at radius 3 is 2.52 bits per heavy atom. The maximum Gasteiger partial charge on any atom is 0.228 e. The van der Waals surface area contributed by atoms with Crippen molar-refractivity contribution in [2.45, 2.75) is 6.42 Å². The standard InChI is InChI=1S/C15H14ClN3O2/c16-11-7-5-10(6-8-11)9-14(20)18-13-4-2-1-3-12(13)15(17)19-21/h1-8,21H,9H2,(H2,17,19)(H,18,20). The molecule has 108 valence electrons. The molecule has 0 atom stereocenters. The monoisotopic (exact) mass is 303 g/mol. The lowest BCUT2D eigenvalue weighted by molar-refractivity contribution is -0.115. The van der Waals surface area contributed by atoms with Crippen LogP contribution in [0.4, 0.5) is 5.69 Å². The smallest absolute Gasteiger partial charge is 0.228 e. The quantitative estimate of drug-likeness (QED) is 0.351. The molecule has 0 aromatic heterocycles. The first-order valence-corrected chi connectivity index (χ1v) is 6.59. The maximum absolute atomic E-state index is 12.0. The van der Waals surface area contributed by atoms with Gasteiger partial charge in [-0.1, -0.05) is 41.0 Å². The number of benzene rings is 2. The number of rotatable bonds is 4. The minimum absolute atomic E-state index is 0.0580. The first kappa shape index (κ1) is 14.9. The van der Waals surface area contributed by atoms with Crippen molar-refractivity contribution in [1.29, 1.82) is 0 Å². The largest absolute Gasteiger partial charge is 0.409 e. The summed E-state index contributed by atoms with van der Waals surface area (Å²) in [5.74, 6) is -0.257. The van der Waals surface area contributed by atoms with E-state index in [4.69, 9.17) is 22.5 Å². The molecule has 6 heteroatoms. The third-order valence-electron chi connectivity index (χ3n) is 2.86. The zero-order valence-corrected chi connectivity index (χ0v) is 11.8. The van der Waals surface area contributed by atoms with E-state index in [2.05, 4.69) is 10.5 Å². The van der Waals surface area contributed by atoms with E-state index in [9.17, 15) is 4.79 Å². The molecule has 1 amide bonds. The zero-order valence-electron chi connectivity index (χ0n) is 11.1. The molecular weight excluding hydrogens is 290 g/mol. The van der Waals surface area contributed by atoms with Gasteiger partial charge in [-0.2, -0.15) is 0 Å². The van der Waals surface area contributed by atoms with Crippen molar-refractivity contribution in [3.8, 4) is 0 Å². The molecule has 0 saturated carbocycles. The molecule has 0 aliphatic heterocycles. The fraction of sp³-hybridized carbons (Fsp3) is 0.0667. The van der Waals surface area contributed by atoms with Crippen LogP contribution < -0.4 is 11.1 Å². The van der Waals surface area contributed by atoms with E-state index in [1.54, 1.807) is 48.5 Å². The third-order valence-corrected chi connectivity index (χ3v) is 3.11. The highest BCUT2D eigenvalue weighted by Crippen LogP contribution is 2.16. The van der Waals surface area contributed by atoms with Gasteiger partial charge in [0.2, 0.25) is 5.91 Å². The SMILES string of the molecule is N/C(=N/O)c1ccccc1NC(=O)Cc1ccc(Cl)cc1. The van der Waals surface area contributed by atoms with Gasteiger partial charge in [0.1, 0.15) is 0 Å². The van der Waals surface area contributed by atoms with Gasteiger partial charge in [-0.15, -0.1) is 0 Å². The Hall–Kier alpha value is -2.53. The molecule has 0 bridgehead atoms. The van der Waals surface area contributed by atoms with Crippen molar-refractivity contribution >= 4 is 29.0 Å². The van der Waals surface area contributed by atoms with Gasteiger partial charge in [0.15, 0.2) is 5.84 Å². The van der Waals surface area contributed by atoms with Crippen LogP contribution in [0.25, 0.3) is 0 Å². The summed E-state index contributed by atoms with van der Waals surface area (Å²) in [6.07, 6.45) is 0.210. The molecule has 2 aromatic rings. The highest BCUT2D eigenvalue weighted by molar-refractivity contribution is 6.30. The number of nitrogens with two attached hydrogens (primary N) is 1. The summed E-state index contributed by atoms with van der Waals surface area (Å²) >= 11 is 5.80. The number of oxime groups is 1. The van der Waals surface area contributed by atoms with Crippen LogP contribution in [-0.4, -0.2) is 17.0 Å². The van der Waals surface area contributed by atoms with Crippen LogP contribution in [0, 0.1) is 0 Å². The number of anilines is 1. The van der Waals surface area contributed by atoms with Gasteiger partial charge in [0, 0.05) is 10.6 Å². The Bertz CT molecular complexity index is 669. The summed E-state index contributed by atoms with van der Waals surface area (Å²) in [7, 11) is 0. The first-order valence-electron chi connectivity index (χ1n) is 6.21. The molecule has 0 aliphatic rings. The average molecular weight is 304 g/mol. The van der Waals surface area contributed by atoms with Crippen LogP contribution >= 0.6 is 11.6 Å². The van der Waals surface area contributed by atoms with Crippen molar-refractivity contribution in [1.82, 2.24) is 0 Å². The zero-order chi connectivity index (χ0) is 15.2. The topological polar surface area (TPSA) is 87.7 Å². The Balaban J connectivity index is 2.11. The fourth-order valence-electron chi connectivity index (χ4n) is 1.85. The highest BCUT2D eigenvalue weighted by atomic mass is 35.5. The summed E-state index contributed by atoms with van der Waals surface area (Å²) in [6, 6.07) is 13.9. The lowest BCUT2D eigenvalue weighted by atomic mass is 10.1. The highest BCUT2D eigenvalue weighted by Gasteiger charge is 2.10. The molecule has 5 nitrogen and oxygen atoms in total. The van der Waals surface area contributed by atoms with Crippen LogP contribution in [0.1, 0.15) is 11.1 Å². The summed E-state index contributed by atoms with van der Waals surface area (Å²) in [4.78, 5) is 12.0. The number of amidine groups is 1. The minimum Gasteiger partial charge on any atom is -0.409 e. The molecule has 0 aliphatic carbocycles.